The topological polar surface area (TPSA) is 12.0 Å². The predicted octanol–water partition coefficient (Wildman–Crippen LogP) is 3.56. The molecule has 1 rings (SSSR count). The molecule has 1 nitrogen and oxygen atoms in total. The van der Waals surface area contributed by atoms with Crippen LogP contribution >= 0.6 is 23.4 Å². The molecule has 0 fully saturated rings. The standard InChI is InChI=1S/C11H16ClNS/c1-8(2)13-7-9-6-10(12)4-5-11(9)14-3/h4-6,8,13H,7H2,1-3H3. The quantitative estimate of drug-likeness (QED) is 0.793. The minimum Gasteiger partial charge on any atom is -0.310 e. The number of benzene rings is 1. The SMILES string of the molecule is CSc1ccc(Cl)cc1CNC(C)C. The van der Waals surface area contributed by atoms with Crippen molar-refractivity contribution in [3.63, 3.8) is 0 Å². The van der Waals surface area contributed by atoms with Gasteiger partial charge < -0.3 is 5.32 Å². The first kappa shape index (κ1) is 11.9. The highest BCUT2D eigenvalue weighted by atomic mass is 35.5. The summed E-state index contributed by atoms with van der Waals surface area (Å²) in [7, 11) is 0. The fourth-order valence-corrected chi connectivity index (χ4v) is 1.99. The molecule has 0 aliphatic heterocycles. The number of nitrogens with one attached hydrogen (secondary N) is 1. The molecule has 0 aliphatic carbocycles. The van der Waals surface area contributed by atoms with Crippen LogP contribution in [-0.2, 0) is 6.54 Å². The molecule has 0 aromatic heterocycles. The van der Waals surface area contributed by atoms with Crippen molar-refractivity contribution in [3.8, 4) is 0 Å². The lowest BCUT2D eigenvalue weighted by Gasteiger charge is -2.11. The second-order valence-corrected chi connectivity index (χ2v) is 4.78. The van der Waals surface area contributed by atoms with Gasteiger partial charge in [-0.2, -0.15) is 0 Å². The van der Waals surface area contributed by atoms with Gasteiger partial charge in [-0.25, -0.2) is 0 Å². The van der Waals surface area contributed by atoms with Crippen LogP contribution in [0.25, 0.3) is 0 Å². The summed E-state index contributed by atoms with van der Waals surface area (Å²) >= 11 is 7.71. The van der Waals surface area contributed by atoms with E-state index in [1.165, 1.54) is 10.5 Å². The van der Waals surface area contributed by atoms with Gasteiger partial charge in [-0.1, -0.05) is 25.4 Å². The van der Waals surface area contributed by atoms with Crippen LogP contribution in [0.15, 0.2) is 23.1 Å². The summed E-state index contributed by atoms with van der Waals surface area (Å²) in [6.07, 6.45) is 2.09. The highest BCUT2D eigenvalue weighted by molar-refractivity contribution is 7.98. The summed E-state index contributed by atoms with van der Waals surface area (Å²) in [5.41, 5.74) is 1.28. The van der Waals surface area contributed by atoms with Gasteiger partial charge in [-0.3, -0.25) is 0 Å². The van der Waals surface area contributed by atoms with Crippen molar-refractivity contribution in [3.05, 3.63) is 28.8 Å². The zero-order valence-electron chi connectivity index (χ0n) is 8.80. The van der Waals surface area contributed by atoms with Crippen LogP contribution in [0, 0.1) is 0 Å². The minimum absolute atomic E-state index is 0.503. The Kier molecular flexibility index (Phi) is 4.79. The van der Waals surface area contributed by atoms with Gasteiger partial charge in [-0.15, -0.1) is 11.8 Å². The second-order valence-electron chi connectivity index (χ2n) is 3.49. The summed E-state index contributed by atoms with van der Waals surface area (Å²) in [5, 5.41) is 4.20. The van der Waals surface area contributed by atoms with Crippen molar-refractivity contribution in [2.45, 2.75) is 31.3 Å². The average Bonchev–Trinajstić information content (AvgIpc) is 2.15. The fraction of sp³-hybridized carbons (Fsp3) is 0.455. The summed E-state index contributed by atoms with van der Waals surface area (Å²) < 4.78 is 0. The maximum Gasteiger partial charge on any atom is 0.0410 e. The molecular formula is C11H16ClNS. The van der Waals surface area contributed by atoms with Crippen molar-refractivity contribution >= 4 is 23.4 Å². The van der Waals surface area contributed by atoms with Gasteiger partial charge >= 0.3 is 0 Å². The lowest BCUT2D eigenvalue weighted by molar-refractivity contribution is 0.585. The van der Waals surface area contributed by atoms with Gasteiger partial charge in [0.2, 0.25) is 0 Å². The van der Waals surface area contributed by atoms with E-state index in [0.29, 0.717) is 6.04 Å². The molecule has 0 unspecified atom stereocenters. The normalized spacial score (nSPS) is 10.9. The summed E-state index contributed by atoms with van der Waals surface area (Å²) in [5.74, 6) is 0. The van der Waals surface area contributed by atoms with Crippen molar-refractivity contribution in [1.82, 2.24) is 5.32 Å². The molecule has 0 heterocycles. The van der Waals surface area contributed by atoms with Crippen LogP contribution in [0.4, 0.5) is 0 Å². The van der Waals surface area contributed by atoms with E-state index in [4.69, 9.17) is 11.6 Å². The highest BCUT2D eigenvalue weighted by Gasteiger charge is 2.02. The van der Waals surface area contributed by atoms with E-state index in [1.54, 1.807) is 11.8 Å². The van der Waals surface area contributed by atoms with Gasteiger partial charge in [0.15, 0.2) is 0 Å². The number of hydrogen-bond acceptors (Lipinski definition) is 2. The van der Waals surface area contributed by atoms with Gasteiger partial charge in [0, 0.05) is 22.5 Å². The van der Waals surface area contributed by atoms with Crippen molar-refractivity contribution in [2.24, 2.45) is 0 Å². The lowest BCUT2D eigenvalue weighted by atomic mass is 10.2. The van der Waals surface area contributed by atoms with E-state index >= 15 is 0 Å². The first-order valence-electron chi connectivity index (χ1n) is 4.69. The van der Waals surface area contributed by atoms with Crippen LogP contribution in [0.1, 0.15) is 19.4 Å². The largest absolute Gasteiger partial charge is 0.310 e. The molecule has 0 aliphatic rings. The lowest BCUT2D eigenvalue weighted by Crippen LogP contribution is -2.22. The number of thioether (sulfide) groups is 1. The molecule has 0 spiro atoms. The molecule has 0 saturated heterocycles. The van der Waals surface area contributed by atoms with Crippen molar-refractivity contribution < 1.29 is 0 Å². The van der Waals surface area contributed by atoms with Gasteiger partial charge in [-0.05, 0) is 30.0 Å². The molecule has 1 aromatic carbocycles. The molecule has 14 heavy (non-hydrogen) atoms. The number of rotatable bonds is 4. The van der Waals surface area contributed by atoms with E-state index in [9.17, 15) is 0 Å². The van der Waals surface area contributed by atoms with Crippen LogP contribution in [0.3, 0.4) is 0 Å². The third-order valence-electron chi connectivity index (χ3n) is 1.94. The van der Waals surface area contributed by atoms with E-state index in [-0.39, 0.29) is 0 Å². The second kappa shape index (κ2) is 5.64. The van der Waals surface area contributed by atoms with Gasteiger partial charge in [0.05, 0.1) is 0 Å². The fourth-order valence-electron chi connectivity index (χ4n) is 1.20. The third kappa shape index (κ3) is 3.52. The Morgan fingerprint density at radius 1 is 1.43 bits per heavy atom. The zero-order chi connectivity index (χ0) is 10.6. The van der Waals surface area contributed by atoms with E-state index in [0.717, 1.165) is 11.6 Å². The van der Waals surface area contributed by atoms with Crippen LogP contribution in [0.2, 0.25) is 5.02 Å². The smallest absolute Gasteiger partial charge is 0.0410 e. The van der Waals surface area contributed by atoms with Crippen molar-refractivity contribution in [1.29, 1.82) is 0 Å². The van der Waals surface area contributed by atoms with Crippen LogP contribution in [-0.4, -0.2) is 12.3 Å². The van der Waals surface area contributed by atoms with Crippen molar-refractivity contribution in [2.75, 3.05) is 6.26 Å². The molecule has 0 amide bonds. The average molecular weight is 230 g/mol. The van der Waals surface area contributed by atoms with Crippen LogP contribution < -0.4 is 5.32 Å². The molecule has 3 heteroatoms. The Labute approximate surface area is 95.2 Å². The molecule has 0 atom stereocenters. The Morgan fingerprint density at radius 2 is 2.14 bits per heavy atom. The number of halogens is 1. The summed E-state index contributed by atoms with van der Waals surface area (Å²) in [6, 6.07) is 6.54. The maximum atomic E-state index is 5.95. The molecule has 78 valence electrons. The predicted molar refractivity (Wildman–Crippen MR) is 65.2 cm³/mol. The van der Waals surface area contributed by atoms with E-state index < -0.39 is 0 Å². The highest BCUT2D eigenvalue weighted by Crippen LogP contribution is 2.23. The number of hydrogen-bond donors (Lipinski definition) is 1. The van der Waals surface area contributed by atoms with E-state index in [2.05, 4.69) is 31.5 Å². The Bertz CT molecular complexity index is 299. The summed E-state index contributed by atoms with van der Waals surface area (Å²) in [4.78, 5) is 1.29. The van der Waals surface area contributed by atoms with Gasteiger partial charge in [0.1, 0.15) is 0 Å². The first-order valence-corrected chi connectivity index (χ1v) is 6.29. The molecule has 0 bridgehead atoms. The summed E-state index contributed by atoms with van der Waals surface area (Å²) in [6.45, 7) is 5.17. The minimum atomic E-state index is 0.503. The monoisotopic (exact) mass is 229 g/mol. The zero-order valence-corrected chi connectivity index (χ0v) is 10.4. The Balaban J connectivity index is 2.77. The molecule has 1 N–H and O–H groups in total. The first-order chi connectivity index (χ1) is 6.63. The maximum absolute atomic E-state index is 5.95. The Hall–Kier alpha value is -0.180. The Morgan fingerprint density at radius 3 is 2.71 bits per heavy atom. The molecular weight excluding hydrogens is 214 g/mol. The van der Waals surface area contributed by atoms with E-state index in [1.807, 2.05) is 12.1 Å². The van der Waals surface area contributed by atoms with Gasteiger partial charge in [0.25, 0.3) is 0 Å². The molecule has 0 saturated carbocycles. The third-order valence-corrected chi connectivity index (χ3v) is 3.02. The molecule has 0 radical (unpaired) electrons. The molecule has 1 aromatic rings. The van der Waals surface area contributed by atoms with Crippen LogP contribution in [0.5, 0.6) is 0 Å².